The highest BCUT2D eigenvalue weighted by molar-refractivity contribution is 6.01. The maximum atomic E-state index is 12.2. The van der Waals surface area contributed by atoms with Crippen LogP contribution in [0.4, 0.5) is 11.4 Å². The number of nitrogens with zero attached hydrogens (tertiary/aromatic N) is 5. The van der Waals surface area contributed by atoms with E-state index in [9.17, 15) is 9.59 Å². The molecule has 2 N–H and O–H groups in total. The molecule has 0 bridgehead atoms. The number of hydrogen-bond donors (Lipinski definition) is 2. The molecule has 0 atom stereocenters. The summed E-state index contributed by atoms with van der Waals surface area (Å²) in [6, 6.07) is 31.4. The molecule has 2 aromatic heterocycles. The van der Waals surface area contributed by atoms with Crippen molar-refractivity contribution < 1.29 is 14.7 Å². The summed E-state index contributed by atoms with van der Waals surface area (Å²) in [6.07, 6.45) is 4.39. The Balaban J connectivity index is 0.000000122. The van der Waals surface area contributed by atoms with Gasteiger partial charge in [-0.15, -0.1) is 0 Å². The number of aromatic nitrogens is 4. The van der Waals surface area contributed by atoms with Gasteiger partial charge >= 0.3 is 0 Å². The Kier molecular flexibility index (Phi) is 7.25. The monoisotopic (exact) mass is 544 g/mol. The SMILES string of the molecule is O=C1Cc2ccccc2N1CO.O=C1Cc2ccccc2N1Cn1cnc2ccccc21.c1ccc2[nH]cnc2c1. The molecule has 6 aromatic rings. The van der Waals surface area contributed by atoms with Crippen molar-refractivity contribution in [3.8, 4) is 0 Å². The van der Waals surface area contributed by atoms with Gasteiger partial charge < -0.3 is 14.7 Å². The van der Waals surface area contributed by atoms with Crippen molar-refractivity contribution >= 4 is 45.3 Å². The number of imidazole rings is 2. The zero-order valence-corrected chi connectivity index (χ0v) is 22.2. The molecule has 204 valence electrons. The lowest BCUT2D eigenvalue weighted by Gasteiger charge is -2.18. The van der Waals surface area contributed by atoms with E-state index in [4.69, 9.17) is 5.11 Å². The second-order valence-corrected chi connectivity index (χ2v) is 9.66. The number of hydrogen-bond acceptors (Lipinski definition) is 5. The Morgan fingerprint density at radius 2 is 1.27 bits per heavy atom. The number of H-pyrrole nitrogens is 1. The van der Waals surface area contributed by atoms with Gasteiger partial charge in [-0.2, -0.15) is 0 Å². The van der Waals surface area contributed by atoms with Crippen molar-refractivity contribution in [2.75, 3.05) is 16.5 Å². The Morgan fingerprint density at radius 3 is 1.98 bits per heavy atom. The van der Waals surface area contributed by atoms with E-state index in [-0.39, 0.29) is 18.5 Å². The minimum Gasteiger partial charge on any atom is -0.376 e. The fourth-order valence-corrected chi connectivity index (χ4v) is 5.10. The summed E-state index contributed by atoms with van der Waals surface area (Å²) in [4.78, 5) is 38.1. The van der Waals surface area contributed by atoms with Gasteiger partial charge in [0.25, 0.3) is 0 Å². The quantitative estimate of drug-likeness (QED) is 0.337. The molecule has 2 aliphatic heterocycles. The molecule has 4 aromatic carbocycles. The second-order valence-electron chi connectivity index (χ2n) is 9.66. The average molecular weight is 545 g/mol. The van der Waals surface area contributed by atoms with E-state index >= 15 is 0 Å². The van der Waals surface area contributed by atoms with E-state index in [1.54, 1.807) is 12.7 Å². The first-order chi connectivity index (χ1) is 20.1. The zero-order chi connectivity index (χ0) is 28.2. The zero-order valence-electron chi connectivity index (χ0n) is 22.2. The van der Waals surface area contributed by atoms with Crippen LogP contribution in [0.3, 0.4) is 0 Å². The summed E-state index contributed by atoms with van der Waals surface area (Å²) in [6.45, 7) is 0.284. The molecule has 0 radical (unpaired) electrons. The van der Waals surface area contributed by atoms with Crippen molar-refractivity contribution in [2.45, 2.75) is 19.5 Å². The Hall–Kier alpha value is -5.28. The molecule has 9 heteroatoms. The molecule has 0 saturated carbocycles. The normalized spacial score (nSPS) is 13.5. The van der Waals surface area contributed by atoms with Gasteiger partial charge in [0.15, 0.2) is 0 Å². The molecule has 2 aliphatic rings. The number of carbonyl (C=O) groups is 2. The number of aliphatic hydroxyl groups excluding tert-OH is 1. The Bertz CT molecular complexity index is 1810. The first-order valence-corrected chi connectivity index (χ1v) is 13.3. The van der Waals surface area contributed by atoms with Crippen molar-refractivity contribution in [1.29, 1.82) is 0 Å². The van der Waals surface area contributed by atoms with Gasteiger partial charge in [-0.05, 0) is 47.5 Å². The van der Waals surface area contributed by atoms with Crippen LogP contribution >= 0.6 is 0 Å². The van der Waals surface area contributed by atoms with Crippen LogP contribution in [0, 0.1) is 0 Å². The third-order valence-electron chi connectivity index (χ3n) is 7.14. The summed E-state index contributed by atoms with van der Waals surface area (Å²) >= 11 is 0. The molecule has 0 saturated heterocycles. The molecule has 0 aliphatic carbocycles. The molecule has 0 fully saturated rings. The molecule has 9 nitrogen and oxygen atoms in total. The van der Waals surface area contributed by atoms with E-state index in [2.05, 4.69) is 15.0 Å². The lowest BCUT2D eigenvalue weighted by atomic mass is 10.2. The van der Waals surface area contributed by atoms with Gasteiger partial charge in [-0.25, -0.2) is 9.97 Å². The van der Waals surface area contributed by atoms with Crippen LogP contribution in [-0.2, 0) is 29.1 Å². The molecule has 0 unspecified atom stereocenters. The molecule has 0 spiro atoms. The lowest BCUT2D eigenvalue weighted by Crippen LogP contribution is -2.28. The molecule has 41 heavy (non-hydrogen) atoms. The number of aromatic amines is 1. The number of para-hydroxylation sites is 6. The fraction of sp³-hybridized carbons (Fsp3) is 0.125. The minimum atomic E-state index is -0.226. The van der Waals surface area contributed by atoms with E-state index < -0.39 is 0 Å². The third kappa shape index (κ3) is 5.30. The maximum absolute atomic E-state index is 12.2. The molecule has 2 amide bonds. The predicted octanol–water partition coefficient (Wildman–Crippen LogP) is 4.67. The largest absolute Gasteiger partial charge is 0.376 e. The number of nitrogens with one attached hydrogen (secondary N) is 1. The molecular formula is C32H28N6O3. The number of fused-ring (bicyclic) bond motifs is 4. The number of benzene rings is 4. The average Bonchev–Trinajstić information content (AvgIpc) is 3.78. The highest BCUT2D eigenvalue weighted by Gasteiger charge is 2.27. The highest BCUT2D eigenvalue weighted by atomic mass is 16.3. The van der Waals surface area contributed by atoms with Gasteiger partial charge in [-0.1, -0.05) is 60.7 Å². The van der Waals surface area contributed by atoms with Crippen LogP contribution in [0.1, 0.15) is 11.1 Å². The lowest BCUT2D eigenvalue weighted by molar-refractivity contribution is -0.118. The number of carbonyl (C=O) groups excluding carboxylic acids is 2. The van der Waals surface area contributed by atoms with Crippen LogP contribution in [-0.4, -0.2) is 43.2 Å². The number of anilines is 2. The van der Waals surface area contributed by atoms with Gasteiger partial charge in [0, 0.05) is 11.4 Å². The summed E-state index contributed by atoms with van der Waals surface area (Å²) in [5, 5.41) is 8.89. The standard InChI is InChI=1S/C16H13N3O.C9H9NO2.C7H6N2/c20-16-9-12-5-1-3-7-14(12)19(16)11-18-10-17-13-6-2-4-8-15(13)18;11-6-10-8-4-2-1-3-7(8)5-9(10)12;1-2-4-7-6(3-1)8-5-9-7/h1-8,10H,9,11H2;1-4,11H,5-6H2;1-5H,(H,8,9). The third-order valence-corrected chi connectivity index (χ3v) is 7.14. The van der Waals surface area contributed by atoms with Gasteiger partial charge in [0.05, 0.1) is 47.6 Å². The van der Waals surface area contributed by atoms with Crippen LogP contribution in [0.25, 0.3) is 22.1 Å². The molecule has 8 rings (SSSR count). The maximum Gasteiger partial charge on any atom is 0.233 e. The fourth-order valence-electron chi connectivity index (χ4n) is 5.10. The van der Waals surface area contributed by atoms with Crippen molar-refractivity contribution in [3.05, 3.63) is 121 Å². The topological polar surface area (TPSA) is 107 Å². The van der Waals surface area contributed by atoms with E-state index in [1.165, 1.54) is 4.90 Å². The number of amides is 2. The van der Waals surface area contributed by atoms with E-state index in [0.717, 1.165) is 44.6 Å². The number of aliphatic hydroxyl groups is 1. The van der Waals surface area contributed by atoms with Gasteiger partial charge in [0.2, 0.25) is 11.8 Å². The Labute approximate surface area is 236 Å². The highest BCUT2D eigenvalue weighted by Crippen LogP contribution is 2.29. The van der Waals surface area contributed by atoms with Crippen LogP contribution in [0.5, 0.6) is 0 Å². The first-order valence-electron chi connectivity index (χ1n) is 13.3. The second kappa shape index (κ2) is 11.4. The molecular weight excluding hydrogens is 516 g/mol. The first kappa shape index (κ1) is 26.0. The Morgan fingerprint density at radius 1 is 0.683 bits per heavy atom. The summed E-state index contributed by atoms with van der Waals surface area (Å²) in [5.41, 5.74) is 8.06. The van der Waals surface area contributed by atoms with E-state index in [0.29, 0.717) is 19.5 Å². The minimum absolute atomic E-state index is 0.0290. The van der Waals surface area contributed by atoms with E-state index in [1.807, 2.05) is 107 Å². The van der Waals surface area contributed by atoms with Crippen LogP contribution in [0.15, 0.2) is 110 Å². The molecule has 4 heterocycles. The van der Waals surface area contributed by atoms with Gasteiger partial charge in [0.1, 0.15) is 13.4 Å². The van der Waals surface area contributed by atoms with Crippen LogP contribution in [0.2, 0.25) is 0 Å². The summed E-state index contributed by atoms with van der Waals surface area (Å²) < 4.78 is 2.01. The number of rotatable bonds is 3. The smallest absolute Gasteiger partial charge is 0.233 e. The van der Waals surface area contributed by atoms with Crippen LogP contribution < -0.4 is 9.80 Å². The van der Waals surface area contributed by atoms with Gasteiger partial charge in [-0.3, -0.25) is 19.4 Å². The van der Waals surface area contributed by atoms with Crippen molar-refractivity contribution in [2.24, 2.45) is 0 Å². The van der Waals surface area contributed by atoms with Crippen molar-refractivity contribution in [3.63, 3.8) is 0 Å². The predicted molar refractivity (Wildman–Crippen MR) is 158 cm³/mol. The van der Waals surface area contributed by atoms with Crippen molar-refractivity contribution in [1.82, 2.24) is 19.5 Å². The summed E-state index contributed by atoms with van der Waals surface area (Å²) in [5.74, 6) is 0.114. The summed E-state index contributed by atoms with van der Waals surface area (Å²) in [7, 11) is 0.